The van der Waals surface area contributed by atoms with Crippen molar-refractivity contribution >= 4 is 0 Å². The average molecular weight is 281 g/mol. The van der Waals surface area contributed by atoms with Crippen LogP contribution in [-0.2, 0) is 0 Å². The number of likely N-dealkylation sites (N-methyl/N-ethyl adjacent to an activating group) is 1. The Kier molecular flexibility index (Phi) is 5.18. The Hall–Kier alpha value is -0.0800. The van der Waals surface area contributed by atoms with E-state index < -0.39 is 0 Å². The van der Waals surface area contributed by atoms with Crippen molar-refractivity contribution in [3.8, 4) is 0 Å². The van der Waals surface area contributed by atoms with Gasteiger partial charge in [-0.25, -0.2) is 0 Å². The molecule has 0 radical (unpaired) electrons. The second-order valence-corrected chi connectivity index (χ2v) is 8.66. The number of hydrogen-bond acceptors (Lipinski definition) is 2. The number of hydrogen-bond donors (Lipinski definition) is 1. The minimum absolute atomic E-state index is 0.462. The maximum absolute atomic E-state index is 3.62. The maximum Gasteiger partial charge on any atom is 0.0255 e. The summed E-state index contributed by atoms with van der Waals surface area (Å²) in [4.78, 5) is 2.86. The van der Waals surface area contributed by atoms with Gasteiger partial charge in [-0.1, -0.05) is 34.6 Å². The molecule has 0 bridgehead atoms. The SMILES string of the molecule is CNC1CCC(C(C)(C)C)CC1N(CC(C)C)C1CC1. The molecule has 2 saturated carbocycles. The van der Waals surface area contributed by atoms with Crippen LogP contribution in [0.15, 0.2) is 0 Å². The summed E-state index contributed by atoms with van der Waals surface area (Å²) in [5.41, 5.74) is 0.462. The topological polar surface area (TPSA) is 15.3 Å². The van der Waals surface area contributed by atoms with Crippen molar-refractivity contribution in [3.63, 3.8) is 0 Å². The van der Waals surface area contributed by atoms with Gasteiger partial charge in [0.25, 0.3) is 0 Å². The average Bonchev–Trinajstić information content (AvgIpc) is 3.18. The van der Waals surface area contributed by atoms with Crippen molar-refractivity contribution in [2.45, 2.75) is 84.8 Å². The van der Waals surface area contributed by atoms with Gasteiger partial charge in [0.15, 0.2) is 0 Å². The third-order valence-corrected chi connectivity index (χ3v) is 5.43. The van der Waals surface area contributed by atoms with Crippen LogP contribution in [-0.4, -0.2) is 36.6 Å². The Labute approximate surface area is 126 Å². The van der Waals surface area contributed by atoms with E-state index in [9.17, 15) is 0 Å². The van der Waals surface area contributed by atoms with E-state index in [1.54, 1.807) is 0 Å². The first-order valence-electron chi connectivity index (χ1n) is 8.76. The predicted molar refractivity (Wildman–Crippen MR) is 88.0 cm³/mol. The molecule has 0 amide bonds. The third-order valence-electron chi connectivity index (χ3n) is 5.43. The summed E-state index contributed by atoms with van der Waals surface area (Å²) >= 11 is 0. The second kappa shape index (κ2) is 6.36. The van der Waals surface area contributed by atoms with Crippen molar-refractivity contribution in [3.05, 3.63) is 0 Å². The molecule has 2 aliphatic carbocycles. The fourth-order valence-corrected chi connectivity index (χ4v) is 4.02. The van der Waals surface area contributed by atoms with Crippen LogP contribution in [0.1, 0.15) is 66.7 Å². The molecule has 0 aromatic carbocycles. The lowest BCUT2D eigenvalue weighted by Crippen LogP contribution is -2.55. The predicted octanol–water partition coefficient (Wildman–Crippen LogP) is 3.91. The fourth-order valence-electron chi connectivity index (χ4n) is 4.02. The lowest BCUT2D eigenvalue weighted by molar-refractivity contribution is 0.0486. The van der Waals surface area contributed by atoms with Crippen molar-refractivity contribution in [1.82, 2.24) is 10.2 Å². The molecule has 0 aromatic rings. The lowest BCUT2D eigenvalue weighted by atomic mass is 9.69. The zero-order valence-corrected chi connectivity index (χ0v) is 14.6. The Morgan fingerprint density at radius 2 is 1.75 bits per heavy atom. The molecule has 2 aliphatic rings. The molecule has 0 aromatic heterocycles. The highest BCUT2D eigenvalue weighted by Gasteiger charge is 2.42. The van der Waals surface area contributed by atoms with Crippen LogP contribution in [0.3, 0.4) is 0 Å². The Balaban J connectivity index is 2.10. The van der Waals surface area contributed by atoms with Gasteiger partial charge in [-0.2, -0.15) is 0 Å². The molecule has 2 nitrogen and oxygen atoms in total. The van der Waals surface area contributed by atoms with E-state index in [0.717, 1.165) is 23.9 Å². The van der Waals surface area contributed by atoms with Gasteiger partial charge in [0, 0.05) is 24.7 Å². The van der Waals surface area contributed by atoms with E-state index in [0.29, 0.717) is 11.5 Å². The highest BCUT2D eigenvalue weighted by atomic mass is 15.2. The Morgan fingerprint density at radius 3 is 2.20 bits per heavy atom. The minimum atomic E-state index is 0.462. The molecule has 1 N–H and O–H groups in total. The van der Waals surface area contributed by atoms with E-state index >= 15 is 0 Å². The summed E-state index contributed by atoms with van der Waals surface area (Å²) in [6, 6.07) is 2.35. The van der Waals surface area contributed by atoms with Crippen LogP contribution < -0.4 is 5.32 Å². The summed E-state index contributed by atoms with van der Waals surface area (Å²) in [7, 11) is 2.16. The highest BCUT2D eigenvalue weighted by Crippen LogP contribution is 2.42. The molecular formula is C18H36N2. The van der Waals surface area contributed by atoms with Crippen LogP contribution in [0.4, 0.5) is 0 Å². The van der Waals surface area contributed by atoms with Crippen molar-refractivity contribution in [1.29, 1.82) is 0 Å². The largest absolute Gasteiger partial charge is 0.315 e. The summed E-state index contributed by atoms with van der Waals surface area (Å²) in [5.74, 6) is 1.66. The van der Waals surface area contributed by atoms with Crippen LogP contribution in [0.25, 0.3) is 0 Å². The van der Waals surface area contributed by atoms with Gasteiger partial charge < -0.3 is 5.32 Å². The standard InChI is InChI=1S/C18H36N2/c1-13(2)12-20(15-8-9-15)17-11-14(18(3,4)5)7-10-16(17)19-6/h13-17,19H,7-12H2,1-6H3. The van der Waals surface area contributed by atoms with Gasteiger partial charge in [-0.15, -0.1) is 0 Å². The van der Waals surface area contributed by atoms with Crippen molar-refractivity contribution < 1.29 is 0 Å². The minimum Gasteiger partial charge on any atom is -0.315 e. The van der Waals surface area contributed by atoms with Crippen LogP contribution in [0, 0.1) is 17.3 Å². The Morgan fingerprint density at radius 1 is 1.10 bits per heavy atom. The molecule has 0 spiro atoms. The normalized spacial score (nSPS) is 32.1. The smallest absolute Gasteiger partial charge is 0.0255 e. The quantitative estimate of drug-likeness (QED) is 0.821. The van der Waals surface area contributed by atoms with E-state index in [1.165, 1.54) is 38.6 Å². The van der Waals surface area contributed by atoms with E-state index in [2.05, 4.69) is 51.9 Å². The number of nitrogens with zero attached hydrogens (tertiary/aromatic N) is 1. The van der Waals surface area contributed by atoms with Crippen LogP contribution >= 0.6 is 0 Å². The summed E-state index contributed by atoms with van der Waals surface area (Å²) in [6.45, 7) is 13.3. The first kappa shape index (κ1) is 16.3. The Bertz CT molecular complexity index is 301. The molecular weight excluding hydrogens is 244 g/mol. The van der Waals surface area contributed by atoms with E-state index in [1.807, 2.05) is 0 Å². The number of rotatable bonds is 5. The van der Waals surface area contributed by atoms with Crippen LogP contribution in [0.5, 0.6) is 0 Å². The van der Waals surface area contributed by atoms with Gasteiger partial charge in [-0.3, -0.25) is 4.90 Å². The molecule has 3 atom stereocenters. The zero-order valence-electron chi connectivity index (χ0n) is 14.6. The molecule has 0 heterocycles. The second-order valence-electron chi connectivity index (χ2n) is 8.66. The summed E-state index contributed by atoms with van der Waals surface area (Å²) in [5, 5.41) is 3.62. The molecule has 2 rings (SSSR count). The lowest BCUT2D eigenvalue weighted by Gasteiger charge is -2.47. The fraction of sp³-hybridized carbons (Fsp3) is 1.00. The van der Waals surface area contributed by atoms with Crippen LogP contribution in [0.2, 0.25) is 0 Å². The van der Waals surface area contributed by atoms with Gasteiger partial charge in [0.05, 0.1) is 0 Å². The van der Waals surface area contributed by atoms with E-state index in [4.69, 9.17) is 0 Å². The molecule has 20 heavy (non-hydrogen) atoms. The zero-order chi connectivity index (χ0) is 14.9. The molecule has 0 saturated heterocycles. The number of nitrogens with one attached hydrogen (secondary N) is 1. The molecule has 2 heteroatoms. The monoisotopic (exact) mass is 280 g/mol. The van der Waals surface area contributed by atoms with Gasteiger partial charge >= 0.3 is 0 Å². The maximum atomic E-state index is 3.62. The van der Waals surface area contributed by atoms with Gasteiger partial charge in [0.1, 0.15) is 0 Å². The summed E-state index contributed by atoms with van der Waals surface area (Å²) < 4.78 is 0. The highest BCUT2D eigenvalue weighted by molar-refractivity contribution is 4.98. The van der Waals surface area contributed by atoms with Crippen molar-refractivity contribution in [2.24, 2.45) is 17.3 Å². The molecule has 3 unspecified atom stereocenters. The van der Waals surface area contributed by atoms with Gasteiger partial charge in [-0.05, 0) is 56.4 Å². The molecule has 2 fully saturated rings. The first-order valence-corrected chi connectivity index (χ1v) is 8.76. The van der Waals surface area contributed by atoms with Crippen molar-refractivity contribution in [2.75, 3.05) is 13.6 Å². The van der Waals surface area contributed by atoms with E-state index in [-0.39, 0.29) is 0 Å². The first-order chi connectivity index (χ1) is 9.32. The summed E-state index contributed by atoms with van der Waals surface area (Å²) in [6.07, 6.45) is 6.99. The van der Waals surface area contributed by atoms with Gasteiger partial charge in [0.2, 0.25) is 0 Å². The third kappa shape index (κ3) is 3.98. The molecule has 0 aliphatic heterocycles. The molecule has 118 valence electrons.